The van der Waals surface area contributed by atoms with E-state index in [0.29, 0.717) is 0 Å². The van der Waals surface area contributed by atoms with E-state index in [1.165, 1.54) is 69.3 Å². The summed E-state index contributed by atoms with van der Waals surface area (Å²) in [6.45, 7) is 7.53. The van der Waals surface area contributed by atoms with E-state index in [-0.39, 0.29) is 5.91 Å². The van der Waals surface area contributed by atoms with E-state index in [9.17, 15) is 4.79 Å². The highest BCUT2D eigenvalue weighted by Gasteiger charge is 2.25. The van der Waals surface area contributed by atoms with Crippen LogP contribution in [-0.4, -0.2) is 61.5 Å². The first kappa shape index (κ1) is 17.8. The SMILES string of the molecule is O=C1c2ccc(N3CCCCC3)cc2CCN1CCN1CCCCCC1. The van der Waals surface area contributed by atoms with Crippen LogP contribution in [0.2, 0.25) is 0 Å². The van der Waals surface area contributed by atoms with Crippen LogP contribution in [-0.2, 0) is 6.42 Å². The molecule has 0 atom stereocenters. The molecule has 0 spiro atoms. The molecule has 1 aromatic carbocycles. The topological polar surface area (TPSA) is 26.8 Å². The third-order valence-electron chi connectivity index (χ3n) is 6.36. The molecule has 1 amide bonds. The van der Waals surface area contributed by atoms with E-state index >= 15 is 0 Å². The van der Waals surface area contributed by atoms with Crippen LogP contribution in [0.15, 0.2) is 18.2 Å². The summed E-state index contributed by atoms with van der Waals surface area (Å²) in [5.74, 6) is 0.242. The van der Waals surface area contributed by atoms with Crippen molar-refractivity contribution >= 4 is 11.6 Å². The predicted octanol–water partition coefficient (Wildman–Crippen LogP) is 3.55. The average molecular weight is 356 g/mol. The standard InChI is InChI=1S/C22H33N3O/c26-22-21-9-8-20(24-13-6-3-7-14-24)18-19(21)10-15-25(22)17-16-23-11-4-1-2-5-12-23/h8-9,18H,1-7,10-17H2. The summed E-state index contributed by atoms with van der Waals surface area (Å²) in [4.78, 5) is 20.1. The highest BCUT2D eigenvalue weighted by Crippen LogP contribution is 2.26. The first-order valence-electron chi connectivity index (χ1n) is 10.7. The normalized spacial score (nSPS) is 22.2. The minimum absolute atomic E-state index is 0.242. The molecule has 0 unspecified atom stereocenters. The second-order valence-electron chi connectivity index (χ2n) is 8.19. The molecule has 0 aliphatic carbocycles. The second-order valence-corrected chi connectivity index (χ2v) is 8.19. The van der Waals surface area contributed by atoms with Gasteiger partial charge in [0, 0.05) is 44.0 Å². The van der Waals surface area contributed by atoms with Crippen LogP contribution < -0.4 is 4.90 Å². The molecule has 0 bridgehead atoms. The number of benzene rings is 1. The zero-order valence-electron chi connectivity index (χ0n) is 16.1. The molecule has 3 heterocycles. The van der Waals surface area contributed by atoms with Crippen molar-refractivity contribution in [2.45, 2.75) is 51.4 Å². The first-order valence-corrected chi connectivity index (χ1v) is 10.7. The monoisotopic (exact) mass is 355 g/mol. The molecule has 0 aromatic heterocycles. The Morgan fingerprint density at radius 3 is 2.23 bits per heavy atom. The number of carbonyl (C=O) groups is 1. The third kappa shape index (κ3) is 4.06. The molecular weight excluding hydrogens is 322 g/mol. The maximum absolute atomic E-state index is 12.9. The Balaban J connectivity index is 1.38. The van der Waals surface area contributed by atoms with Gasteiger partial charge in [-0.2, -0.15) is 0 Å². The number of likely N-dealkylation sites (tertiary alicyclic amines) is 1. The molecule has 0 radical (unpaired) electrons. The number of amides is 1. The predicted molar refractivity (Wildman–Crippen MR) is 107 cm³/mol. The summed E-state index contributed by atoms with van der Waals surface area (Å²) in [6, 6.07) is 6.53. The highest BCUT2D eigenvalue weighted by molar-refractivity contribution is 5.97. The van der Waals surface area contributed by atoms with Gasteiger partial charge in [0.1, 0.15) is 0 Å². The molecule has 4 rings (SSSR count). The van der Waals surface area contributed by atoms with Crippen molar-refractivity contribution in [1.82, 2.24) is 9.80 Å². The molecule has 2 fully saturated rings. The number of rotatable bonds is 4. The van der Waals surface area contributed by atoms with Crippen molar-refractivity contribution in [2.75, 3.05) is 50.7 Å². The van der Waals surface area contributed by atoms with Crippen molar-refractivity contribution in [3.05, 3.63) is 29.3 Å². The highest BCUT2D eigenvalue weighted by atomic mass is 16.2. The maximum atomic E-state index is 12.9. The lowest BCUT2D eigenvalue weighted by atomic mass is 9.97. The summed E-state index contributed by atoms with van der Waals surface area (Å²) in [5, 5.41) is 0. The fraction of sp³-hybridized carbons (Fsp3) is 0.682. The van der Waals surface area contributed by atoms with Crippen molar-refractivity contribution < 1.29 is 4.79 Å². The number of carbonyl (C=O) groups excluding carboxylic acids is 1. The van der Waals surface area contributed by atoms with E-state index in [2.05, 4.69) is 32.9 Å². The Bertz CT molecular complexity index is 616. The Hall–Kier alpha value is -1.55. The van der Waals surface area contributed by atoms with Crippen molar-refractivity contribution in [3.63, 3.8) is 0 Å². The molecule has 3 aliphatic heterocycles. The van der Waals surface area contributed by atoms with Gasteiger partial charge in [-0.1, -0.05) is 12.8 Å². The number of piperidine rings is 1. The van der Waals surface area contributed by atoms with E-state index in [1.54, 1.807) is 0 Å². The zero-order valence-corrected chi connectivity index (χ0v) is 16.1. The lowest BCUT2D eigenvalue weighted by Crippen LogP contribution is -2.42. The van der Waals surface area contributed by atoms with Gasteiger partial charge in [0.25, 0.3) is 5.91 Å². The van der Waals surface area contributed by atoms with E-state index in [1.807, 2.05) is 0 Å². The van der Waals surface area contributed by atoms with Crippen molar-refractivity contribution in [2.24, 2.45) is 0 Å². The van der Waals surface area contributed by atoms with E-state index in [4.69, 9.17) is 0 Å². The smallest absolute Gasteiger partial charge is 0.254 e. The Morgan fingerprint density at radius 2 is 1.46 bits per heavy atom. The molecule has 4 heteroatoms. The molecule has 142 valence electrons. The van der Waals surface area contributed by atoms with E-state index in [0.717, 1.165) is 44.7 Å². The van der Waals surface area contributed by atoms with Crippen LogP contribution in [0.4, 0.5) is 5.69 Å². The van der Waals surface area contributed by atoms with Crippen LogP contribution >= 0.6 is 0 Å². The number of nitrogens with zero attached hydrogens (tertiary/aromatic N) is 3. The van der Waals surface area contributed by atoms with Crippen molar-refractivity contribution in [1.29, 1.82) is 0 Å². The molecule has 26 heavy (non-hydrogen) atoms. The number of hydrogen-bond donors (Lipinski definition) is 0. The maximum Gasteiger partial charge on any atom is 0.254 e. The summed E-state index contributed by atoms with van der Waals surface area (Å²) < 4.78 is 0. The van der Waals surface area contributed by atoms with Crippen molar-refractivity contribution in [3.8, 4) is 0 Å². The van der Waals surface area contributed by atoms with Gasteiger partial charge < -0.3 is 14.7 Å². The second kappa shape index (κ2) is 8.43. The van der Waals surface area contributed by atoms with Gasteiger partial charge in [0.15, 0.2) is 0 Å². The average Bonchev–Trinajstić information content (AvgIpc) is 2.97. The van der Waals surface area contributed by atoms with E-state index < -0.39 is 0 Å². The molecule has 0 saturated carbocycles. The summed E-state index contributed by atoms with van der Waals surface area (Å²) in [5.41, 5.74) is 3.51. The minimum atomic E-state index is 0.242. The van der Waals surface area contributed by atoms with Gasteiger partial charge in [-0.3, -0.25) is 4.79 Å². The lowest BCUT2D eigenvalue weighted by molar-refractivity contribution is 0.0719. The van der Waals surface area contributed by atoms with Gasteiger partial charge in [-0.15, -0.1) is 0 Å². The molecule has 4 nitrogen and oxygen atoms in total. The van der Waals surface area contributed by atoms with Gasteiger partial charge in [0.05, 0.1) is 0 Å². The Morgan fingerprint density at radius 1 is 0.769 bits per heavy atom. The number of hydrogen-bond acceptors (Lipinski definition) is 3. The molecule has 2 saturated heterocycles. The Kier molecular flexibility index (Phi) is 5.78. The van der Waals surface area contributed by atoms with Gasteiger partial charge in [-0.25, -0.2) is 0 Å². The zero-order chi connectivity index (χ0) is 17.8. The van der Waals surface area contributed by atoms with Gasteiger partial charge in [0.2, 0.25) is 0 Å². The number of fused-ring (bicyclic) bond motifs is 1. The van der Waals surface area contributed by atoms with Crippen LogP contribution in [0.5, 0.6) is 0 Å². The van der Waals surface area contributed by atoms with Gasteiger partial charge in [-0.05, 0) is 75.4 Å². The first-order chi connectivity index (χ1) is 12.8. The quantitative estimate of drug-likeness (QED) is 0.826. The van der Waals surface area contributed by atoms with Crippen LogP contribution in [0.3, 0.4) is 0 Å². The summed E-state index contributed by atoms with van der Waals surface area (Å²) in [7, 11) is 0. The fourth-order valence-electron chi connectivity index (χ4n) is 4.71. The largest absolute Gasteiger partial charge is 0.372 e. The van der Waals surface area contributed by atoms with Gasteiger partial charge >= 0.3 is 0 Å². The molecular formula is C22H33N3O. The summed E-state index contributed by atoms with van der Waals surface area (Å²) in [6.07, 6.45) is 10.3. The van der Waals surface area contributed by atoms with Crippen LogP contribution in [0, 0.1) is 0 Å². The lowest BCUT2D eigenvalue weighted by Gasteiger charge is -2.33. The molecule has 3 aliphatic rings. The molecule has 0 N–H and O–H groups in total. The fourth-order valence-corrected chi connectivity index (χ4v) is 4.71. The van der Waals surface area contributed by atoms with Crippen LogP contribution in [0.1, 0.15) is 60.9 Å². The summed E-state index contributed by atoms with van der Waals surface area (Å²) >= 11 is 0. The minimum Gasteiger partial charge on any atom is -0.372 e. The van der Waals surface area contributed by atoms with Crippen LogP contribution in [0.25, 0.3) is 0 Å². The molecule has 1 aromatic rings. The Labute approximate surface area is 158 Å². The third-order valence-corrected chi connectivity index (χ3v) is 6.36. The number of anilines is 1.